The number of nitrogens with one attached hydrogen (secondary N) is 2. The molecule has 5 nitrogen and oxygen atoms in total. The molecule has 2 heterocycles. The molecule has 0 radical (unpaired) electrons. The Kier molecular flexibility index (Phi) is 5.12. The van der Waals surface area contributed by atoms with E-state index in [4.69, 9.17) is 4.74 Å². The van der Waals surface area contributed by atoms with Gasteiger partial charge in [-0.2, -0.15) is 0 Å². The molecule has 0 atom stereocenters. The van der Waals surface area contributed by atoms with Crippen LogP contribution in [0.1, 0.15) is 18.4 Å². The van der Waals surface area contributed by atoms with Gasteiger partial charge in [0.1, 0.15) is 5.75 Å². The highest BCUT2D eigenvalue weighted by Crippen LogP contribution is 2.24. The van der Waals surface area contributed by atoms with E-state index in [1.54, 1.807) is 7.11 Å². The van der Waals surface area contributed by atoms with Crippen LogP contribution < -0.4 is 15.4 Å². The monoisotopic (exact) mass is 363 g/mol. The lowest BCUT2D eigenvalue weighted by Crippen LogP contribution is -2.34. The molecule has 0 saturated carbocycles. The molecule has 27 heavy (non-hydrogen) atoms. The molecule has 1 aliphatic rings. The standard InChI is InChI=1S/C22H25N3O2/c1-27-20-4-2-3-16(13-20)15-25-12-9-17-5-6-19(14-21(17)25)24-22(26)18-7-10-23-11-8-18/h2-6,9,12-14,18,23H,7-8,10-11,15H2,1H3,(H,24,26). The summed E-state index contributed by atoms with van der Waals surface area (Å²) in [6.45, 7) is 2.59. The third-order valence-corrected chi connectivity index (χ3v) is 5.24. The Labute approximate surface area is 159 Å². The van der Waals surface area contributed by atoms with Gasteiger partial charge < -0.3 is 19.9 Å². The summed E-state index contributed by atoms with van der Waals surface area (Å²) in [5.41, 5.74) is 3.15. The molecule has 1 saturated heterocycles. The molecule has 0 aliphatic carbocycles. The Morgan fingerprint density at radius 2 is 2.04 bits per heavy atom. The average molecular weight is 363 g/mol. The number of fused-ring (bicyclic) bond motifs is 1. The minimum Gasteiger partial charge on any atom is -0.497 e. The number of piperidine rings is 1. The van der Waals surface area contributed by atoms with Gasteiger partial charge in [0.2, 0.25) is 5.91 Å². The number of ether oxygens (including phenoxy) is 1. The van der Waals surface area contributed by atoms with Gasteiger partial charge in [0.25, 0.3) is 0 Å². The van der Waals surface area contributed by atoms with Crippen LogP contribution in [-0.4, -0.2) is 30.7 Å². The Morgan fingerprint density at radius 1 is 1.19 bits per heavy atom. The van der Waals surface area contributed by atoms with Crippen LogP contribution in [0.2, 0.25) is 0 Å². The highest BCUT2D eigenvalue weighted by Gasteiger charge is 2.21. The fourth-order valence-electron chi connectivity index (χ4n) is 3.70. The topological polar surface area (TPSA) is 55.3 Å². The van der Waals surface area contributed by atoms with Crippen molar-refractivity contribution in [3.05, 3.63) is 60.3 Å². The number of rotatable bonds is 5. The predicted molar refractivity (Wildman–Crippen MR) is 108 cm³/mol. The van der Waals surface area contributed by atoms with E-state index in [-0.39, 0.29) is 11.8 Å². The zero-order valence-corrected chi connectivity index (χ0v) is 15.6. The first-order chi connectivity index (χ1) is 13.2. The van der Waals surface area contributed by atoms with E-state index >= 15 is 0 Å². The summed E-state index contributed by atoms with van der Waals surface area (Å²) in [7, 11) is 1.68. The van der Waals surface area contributed by atoms with Crippen LogP contribution in [-0.2, 0) is 11.3 Å². The highest BCUT2D eigenvalue weighted by molar-refractivity contribution is 5.95. The number of carbonyl (C=O) groups excluding carboxylic acids is 1. The molecule has 2 N–H and O–H groups in total. The quantitative estimate of drug-likeness (QED) is 0.728. The van der Waals surface area contributed by atoms with E-state index in [2.05, 4.69) is 51.7 Å². The van der Waals surface area contributed by atoms with E-state index in [1.807, 2.05) is 18.2 Å². The molecular weight excluding hydrogens is 338 g/mol. The van der Waals surface area contributed by atoms with Crippen LogP contribution in [0, 0.1) is 5.92 Å². The van der Waals surface area contributed by atoms with Crippen molar-refractivity contribution in [3.8, 4) is 5.75 Å². The number of nitrogens with zero attached hydrogens (tertiary/aromatic N) is 1. The molecule has 5 heteroatoms. The summed E-state index contributed by atoms with van der Waals surface area (Å²) >= 11 is 0. The molecular formula is C22H25N3O2. The predicted octanol–water partition coefficient (Wildman–Crippen LogP) is 3.64. The van der Waals surface area contributed by atoms with Gasteiger partial charge in [-0.25, -0.2) is 0 Å². The van der Waals surface area contributed by atoms with Crippen molar-refractivity contribution in [2.45, 2.75) is 19.4 Å². The molecule has 0 bridgehead atoms. The van der Waals surface area contributed by atoms with Crippen molar-refractivity contribution in [2.75, 3.05) is 25.5 Å². The van der Waals surface area contributed by atoms with E-state index in [0.717, 1.165) is 54.8 Å². The molecule has 1 aliphatic heterocycles. The number of anilines is 1. The normalized spacial score (nSPS) is 15.0. The van der Waals surface area contributed by atoms with Gasteiger partial charge in [-0.3, -0.25) is 4.79 Å². The molecule has 4 rings (SSSR count). The lowest BCUT2D eigenvalue weighted by atomic mass is 9.97. The smallest absolute Gasteiger partial charge is 0.227 e. The van der Waals surface area contributed by atoms with Crippen molar-refractivity contribution >= 4 is 22.5 Å². The lowest BCUT2D eigenvalue weighted by Gasteiger charge is -2.21. The fourth-order valence-corrected chi connectivity index (χ4v) is 3.70. The molecule has 140 valence electrons. The maximum Gasteiger partial charge on any atom is 0.227 e. The van der Waals surface area contributed by atoms with Gasteiger partial charge in [-0.05, 0) is 67.2 Å². The first kappa shape index (κ1) is 17.6. The third kappa shape index (κ3) is 3.98. The Balaban J connectivity index is 1.54. The number of hydrogen-bond acceptors (Lipinski definition) is 3. The van der Waals surface area contributed by atoms with Gasteiger partial charge >= 0.3 is 0 Å². The van der Waals surface area contributed by atoms with Crippen LogP contribution in [0.3, 0.4) is 0 Å². The fraction of sp³-hybridized carbons (Fsp3) is 0.318. The van der Waals surface area contributed by atoms with E-state index in [1.165, 1.54) is 5.56 Å². The molecule has 1 amide bonds. The van der Waals surface area contributed by atoms with Gasteiger partial charge in [0, 0.05) is 24.3 Å². The molecule has 0 unspecified atom stereocenters. The van der Waals surface area contributed by atoms with E-state index < -0.39 is 0 Å². The summed E-state index contributed by atoms with van der Waals surface area (Å²) in [6.07, 6.45) is 3.89. The summed E-state index contributed by atoms with van der Waals surface area (Å²) in [6, 6.07) is 16.3. The first-order valence-electron chi connectivity index (χ1n) is 9.46. The van der Waals surface area contributed by atoms with E-state index in [9.17, 15) is 4.79 Å². The average Bonchev–Trinajstić information content (AvgIpc) is 3.11. The summed E-state index contributed by atoms with van der Waals surface area (Å²) in [5.74, 6) is 1.09. The van der Waals surface area contributed by atoms with Crippen LogP contribution >= 0.6 is 0 Å². The second-order valence-electron chi connectivity index (χ2n) is 7.08. The summed E-state index contributed by atoms with van der Waals surface area (Å²) in [4.78, 5) is 12.5. The Morgan fingerprint density at radius 3 is 2.85 bits per heavy atom. The summed E-state index contributed by atoms with van der Waals surface area (Å²) < 4.78 is 7.52. The summed E-state index contributed by atoms with van der Waals surface area (Å²) in [5, 5.41) is 7.57. The second-order valence-corrected chi connectivity index (χ2v) is 7.08. The SMILES string of the molecule is COc1cccc(Cn2ccc3ccc(NC(=O)C4CCNCC4)cc32)c1. The van der Waals surface area contributed by atoms with Crippen molar-refractivity contribution in [1.82, 2.24) is 9.88 Å². The zero-order valence-electron chi connectivity index (χ0n) is 15.6. The first-order valence-corrected chi connectivity index (χ1v) is 9.46. The molecule has 1 aromatic heterocycles. The van der Waals surface area contributed by atoms with Gasteiger partial charge in [-0.15, -0.1) is 0 Å². The van der Waals surface area contributed by atoms with Crippen LogP contribution in [0.25, 0.3) is 10.9 Å². The number of carbonyl (C=O) groups is 1. The van der Waals surface area contributed by atoms with Crippen molar-refractivity contribution in [3.63, 3.8) is 0 Å². The van der Waals surface area contributed by atoms with Gasteiger partial charge in [0.15, 0.2) is 0 Å². The highest BCUT2D eigenvalue weighted by atomic mass is 16.5. The lowest BCUT2D eigenvalue weighted by molar-refractivity contribution is -0.120. The number of amides is 1. The van der Waals surface area contributed by atoms with Crippen molar-refractivity contribution in [2.24, 2.45) is 5.92 Å². The third-order valence-electron chi connectivity index (χ3n) is 5.24. The Bertz CT molecular complexity index is 942. The van der Waals surface area contributed by atoms with Crippen molar-refractivity contribution < 1.29 is 9.53 Å². The minimum absolute atomic E-state index is 0.102. The minimum atomic E-state index is 0.102. The van der Waals surface area contributed by atoms with Crippen LogP contribution in [0.5, 0.6) is 5.75 Å². The second kappa shape index (κ2) is 7.84. The Hall–Kier alpha value is -2.79. The number of methoxy groups -OCH3 is 1. The maximum absolute atomic E-state index is 12.5. The number of aromatic nitrogens is 1. The largest absolute Gasteiger partial charge is 0.497 e. The maximum atomic E-state index is 12.5. The number of hydrogen-bond donors (Lipinski definition) is 2. The van der Waals surface area contributed by atoms with Gasteiger partial charge in [0.05, 0.1) is 12.6 Å². The molecule has 2 aromatic carbocycles. The number of benzene rings is 2. The van der Waals surface area contributed by atoms with E-state index in [0.29, 0.717) is 0 Å². The molecule has 1 fully saturated rings. The zero-order chi connectivity index (χ0) is 18.6. The van der Waals surface area contributed by atoms with Crippen molar-refractivity contribution in [1.29, 1.82) is 0 Å². The molecule has 3 aromatic rings. The van der Waals surface area contributed by atoms with Crippen LogP contribution in [0.4, 0.5) is 5.69 Å². The van der Waals surface area contributed by atoms with Crippen LogP contribution in [0.15, 0.2) is 54.7 Å². The molecule has 0 spiro atoms. The van der Waals surface area contributed by atoms with Gasteiger partial charge in [-0.1, -0.05) is 18.2 Å².